The molecule has 4 heteroatoms. The Morgan fingerprint density at radius 3 is 1.71 bits per heavy atom. The summed E-state index contributed by atoms with van der Waals surface area (Å²) in [4.78, 5) is 0. The summed E-state index contributed by atoms with van der Waals surface area (Å²) < 4.78 is 10.5. The van der Waals surface area contributed by atoms with Gasteiger partial charge in [0, 0.05) is 85.1 Å². The molecule has 2 unspecified atom stereocenters. The Labute approximate surface area is 341 Å². The molecule has 4 aromatic heterocycles. The fraction of sp³-hybridized carbons (Fsp3) is 0.0370. The van der Waals surface area contributed by atoms with E-state index in [9.17, 15) is 0 Å². The fourth-order valence-corrected chi connectivity index (χ4v) is 13.1. The van der Waals surface area contributed by atoms with Crippen LogP contribution < -0.4 is 10.6 Å². The Morgan fingerprint density at radius 1 is 0.448 bits per heavy atom. The SMILES string of the molecule is C1=CC2=c3c(c4ccccc4n3-c3ccc4c(c3)sc3ccccc34)=C3c4ccccc4-c4c(c5ccccc5n4-c4ccc5c(c4)sc4ccccc45)C3C2C=C1. The van der Waals surface area contributed by atoms with Crippen LogP contribution in [-0.4, -0.2) is 9.13 Å². The van der Waals surface area contributed by atoms with E-state index in [4.69, 9.17) is 0 Å². The van der Waals surface area contributed by atoms with Crippen LogP contribution in [0.25, 0.3) is 95.9 Å². The molecule has 0 spiro atoms. The lowest BCUT2D eigenvalue weighted by atomic mass is 9.65. The third-order valence-electron chi connectivity index (χ3n) is 13.1. The van der Waals surface area contributed by atoms with Crippen molar-refractivity contribution in [2.45, 2.75) is 5.92 Å². The van der Waals surface area contributed by atoms with E-state index in [2.05, 4.69) is 191 Å². The predicted molar refractivity (Wildman–Crippen MR) is 247 cm³/mol. The first-order chi connectivity index (χ1) is 28.8. The van der Waals surface area contributed by atoms with Crippen molar-refractivity contribution in [3.05, 3.63) is 204 Å². The highest BCUT2D eigenvalue weighted by molar-refractivity contribution is 7.26. The van der Waals surface area contributed by atoms with Gasteiger partial charge in [-0.1, -0.05) is 133 Å². The van der Waals surface area contributed by atoms with Gasteiger partial charge in [0.15, 0.2) is 0 Å². The zero-order valence-electron chi connectivity index (χ0n) is 31.2. The van der Waals surface area contributed by atoms with Crippen LogP contribution >= 0.6 is 22.7 Å². The molecule has 0 aliphatic heterocycles. The van der Waals surface area contributed by atoms with Gasteiger partial charge in [-0.05, 0) is 70.8 Å². The van der Waals surface area contributed by atoms with Gasteiger partial charge in [0.2, 0.25) is 0 Å². The van der Waals surface area contributed by atoms with Crippen LogP contribution in [0.5, 0.6) is 0 Å². The van der Waals surface area contributed by atoms with Gasteiger partial charge in [-0.3, -0.25) is 0 Å². The fourth-order valence-electron chi connectivity index (χ4n) is 10.8. The summed E-state index contributed by atoms with van der Waals surface area (Å²) in [6.07, 6.45) is 9.41. The minimum atomic E-state index is 0.122. The van der Waals surface area contributed by atoms with Gasteiger partial charge in [-0.2, -0.15) is 0 Å². The summed E-state index contributed by atoms with van der Waals surface area (Å²) in [5, 5.41) is 10.6. The molecule has 0 amide bonds. The summed E-state index contributed by atoms with van der Waals surface area (Å²) in [7, 11) is 0. The summed E-state index contributed by atoms with van der Waals surface area (Å²) in [6.45, 7) is 0. The Bertz CT molecular complexity index is 3820. The maximum atomic E-state index is 2.57. The first-order valence-electron chi connectivity index (χ1n) is 20.1. The van der Waals surface area contributed by atoms with Gasteiger partial charge in [-0.25, -0.2) is 0 Å². The molecule has 0 saturated heterocycles. The molecule has 14 rings (SSSR count). The molecule has 270 valence electrons. The van der Waals surface area contributed by atoms with Crippen molar-refractivity contribution in [2.24, 2.45) is 5.92 Å². The molecule has 2 atom stereocenters. The van der Waals surface area contributed by atoms with Crippen molar-refractivity contribution in [1.29, 1.82) is 0 Å². The highest BCUT2D eigenvalue weighted by Gasteiger charge is 2.43. The van der Waals surface area contributed by atoms with Gasteiger partial charge in [-0.15, -0.1) is 22.7 Å². The van der Waals surface area contributed by atoms with E-state index in [0.29, 0.717) is 0 Å². The van der Waals surface area contributed by atoms with Crippen LogP contribution in [0.1, 0.15) is 17.0 Å². The Hall–Kier alpha value is -6.72. The van der Waals surface area contributed by atoms with E-state index in [1.165, 1.54) is 118 Å². The summed E-state index contributed by atoms with van der Waals surface area (Å²) in [6, 6.07) is 59.3. The van der Waals surface area contributed by atoms with E-state index in [1.54, 1.807) is 0 Å². The molecule has 11 aromatic rings. The van der Waals surface area contributed by atoms with Gasteiger partial charge in [0.1, 0.15) is 0 Å². The van der Waals surface area contributed by atoms with Gasteiger partial charge >= 0.3 is 0 Å². The normalized spacial score (nSPS) is 16.8. The maximum Gasteiger partial charge on any atom is 0.0585 e. The number of fused-ring (bicyclic) bond motifs is 19. The highest BCUT2D eigenvalue weighted by Crippen LogP contribution is 2.56. The number of benzene rings is 7. The standard InChI is InChI=1S/C54H32N2S2/c1-3-17-39-37(15-1)49-50(52-42-20-6-10-22-44(42)55(53(39)52)31-25-27-35-33-13-7-11-23-45(33)57-47(35)29-31)38-16-2-4-18-40(38)54-51(49)41-19-5-9-21-43(41)56(54)32-26-28-36-34-14-8-12-24-46(34)58-48(36)30-32/h1-30,37,49H. The summed E-state index contributed by atoms with van der Waals surface area (Å²) in [5.41, 5.74) is 13.1. The van der Waals surface area contributed by atoms with Gasteiger partial charge < -0.3 is 9.13 Å². The molecule has 0 N–H and O–H groups in total. The molecular weight excluding hydrogens is 741 g/mol. The van der Waals surface area contributed by atoms with Crippen molar-refractivity contribution in [1.82, 2.24) is 9.13 Å². The minimum Gasteiger partial charge on any atom is -0.309 e. The minimum absolute atomic E-state index is 0.122. The first-order valence-corrected chi connectivity index (χ1v) is 21.7. The number of rotatable bonds is 2. The predicted octanol–water partition coefficient (Wildman–Crippen LogP) is 13.2. The van der Waals surface area contributed by atoms with Crippen molar-refractivity contribution >= 4 is 96.0 Å². The smallest absolute Gasteiger partial charge is 0.0585 e. The molecule has 0 radical (unpaired) electrons. The third kappa shape index (κ3) is 4.01. The van der Waals surface area contributed by atoms with E-state index in [-0.39, 0.29) is 11.8 Å². The average molecular weight is 773 g/mol. The average Bonchev–Trinajstić information content (AvgIpc) is 4.03. The molecule has 0 bridgehead atoms. The second-order valence-corrected chi connectivity index (χ2v) is 18.1. The molecule has 3 aliphatic carbocycles. The van der Waals surface area contributed by atoms with Crippen LogP contribution in [0.2, 0.25) is 0 Å². The van der Waals surface area contributed by atoms with Crippen LogP contribution in [0, 0.1) is 5.92 Å². The topological polar surface area (TPSA) is 9.86 Å². The Kier molecular flexibility index (Phi) is 6.19. The summed E-state index contributed by atoms with van der Waals surface area (Å²) in [5.74, 6) is 0.275. The van der Waals surface area contributed by atoms with Gasteiger partial charge in [0.25, 0.3) is 0 Å². The Balaban J connectivity index is 1.12. The largest absolute Gasteiger partial charge is 0.309 e. The maximum absolute atomic E-state index is 2.57. The molecule has 3 aliphatic rings. The monoisotopic (exact) mass is 772 g/mol. The highest BCUT2D eigenvalue weighted by atomic mass is 32.1. The van der Waals surface area contributed by atoms with Crippen molar-refractivity contribution in [2.75, 3.05) is 0 Å². The molecule has 0 saturated carbocycles. The van der Waals surface area contributed by atoms with Crippen molar-refractivity contribution in [3.63, 3.8) is 0 Å². The number of thiophene rings is 2. The quantitative estimate of drug-likeness (QED) is 0.166. The van der Waals surface area contributed by atoms with Gasteiger partial charge in [0.05, 0.1) is 22.1 Å². The van der Waals surface area contributed by atoms with E-state index in [0.717, 1.165) is 0 Å². The second kappa shape index (κ2) is 11.4. The van der Waals surface area contributed by atoms with Crippen LogP contribution in [0.15, 0.2) is 182 Å². The number of hydrogen-bond donors (Lipinski definition) is 0. The Morgan fingerprint density at radius 2 is 1.00 bits per heavy atom. The molecule has 0 fully saturated rings. The van der Waals surface area contributed by atoms with Crippen LogP contribution in [-0.2, 0) is 0 Å². The zero-order valence-corrected chi connectivity index (χ0v) is 32.8. The lowest BCUT2D eigenvalue weighted by Crippen LogP contribution is -2.42. The second-order valence-electron chi connectivity index (χ2n) is 15.9. The van der Waals surface area contributed by atoms with Crippen LogP contribution in [0.3, 0.4) is 0 Å². The van der Waals surface area contributed by atoms with E-state index in [1.807, 2.05) is 22.7 Å². The number of aromatic nitrogens is 2. The molecule has 7 aromatic carbocycles. The van der Waals surface area contributed by atoms with E-state index >= 15 is 0 Å². The van der Waals surface area contributed by atoms with Crippen molar-refractivity contribution < 1.29 is 0 Å². The number of nitrogens with zero attached hydrogens (tertiary/aromatic N) is 2. The first kappa shape index (κ1) is 31.4. The molecule has 4 heterocycles. The third-order valence-corrected chi connectivity index (χ3v) is 15.4. The lowest BCUT2D eigenvalue weighted by Gasteiger charge is -2.37. The molecule has 2 nitrogen and oxygen atoms in total. The summed E-state index contributed by atoms with van der Waals surface area (Å²) >= 11 is 3.78. The number of hydrogen-bond acceptors (Lipinski definition) is 2. The van der Waals surface area contributed by atoms with Crippen molar-refractivity contribution in [3.8, 4) is 22.6 Å². The number of allylic oxidation sites excluding steroid dienone is 4. The number of para-hydroxylation sites is 2. The van der Waals surface area contributed by atoms with Crippen LogP contribution in [0.4, 0.5) is 0 Å². The zero-order chi connectivity index (χ0) is 37.6. The lowest BCUT2D eigenvalue weighted by molar-refractivity contribution is 0.719. The van der Waals surface area contributed by atoms with E-state index < -0.39 is 0 Å². The molecular formula is C54H32N2S2. The molecule has 58 heavy (non-hydrogen) atoms.